The van der Waals surface area contributed by atoms with E-state index in [1.165, 1.54) is 6.07 Å². The molecule has 0 spiro atoms. The van der Waals surface area contributed by atoms with Crippen molar-refractivity contribution in [1.29, 1.82) is 0 Å². The Labute approximate surface area is 92.7 Å². The minimum atomic E-state index is -0.537. The summed E-state index contributed by atoms with van der Waals surface area (Å²) in [5.74, 6) is 0.360. The van der Waals surface area contributed by atoms with Crippen LogP contribution in [-0.4, -0.2) is 23.7 Å². The van der Waals surface area contributed by atoms with Crippen LogP contribution in [0.3, 0.4) is 0 Å². The van der Waals surface area contributed by atoms with Gasteiger partial charge in [-0.05, 0) is 19.4 Å². The minimum Gasteiger partial charge on any atom is -0.404 e. The van der Waals surface area contributed by atoms with Gasteiger partial charge in [0.2, 0.25) is 0 Å². The first-order chi connectivity index (χ1) is 7.66. The molecule has 16 heavy (non-hydrogen) atoms. The van der Waals surface area contributed by atoms with Gasteiger partial charge in [0.1, 0.15) is 10.7 Å². The Morgan fingerprint density at radius 1 is 1.62 bits per heavy atom. The third kappa shape index (κ3) is 2.40. The second kappa shape index (κ2) is 4.63. The molecule has 0 aliphatic carbocycles. The number of furan rings is 1. The van der Waals surface area contributed by atoms with Crippen LogP contribution in [0, 0.1) is 10.1 Å². The number of rotatable bonds is 4. The molecule has 6 nitrogen and oxygen atoms in total. The Hall–Kier alpha value is -1.40. The predicted molar refractivity (Wildman–Crippen MR) is 56.0 cm³/mol. The van der Waals surface area contributed by atoms with Crippen molar-refractivity contribution in [2.75, 3.05) is 6.61 Å². The monoisotopic (exact) mass is 226 g/mol. The second-order valence-electron chi connectivity index (χ2n) is 3.85. The maximum absolute atomic E-state index is 10.4. The van der Waals surface area contributed by atoms with Gasteiger partial charge in [-0.25, -0.2) is 0 Å². The zero-order valence-corrected chi connectivity index (χ0v) is 9.01. The summed E-state index contributed by atoms with van der Waals surface area (Å²) in [5.41, 5.74) is 0. The number of nitrogens with one attached hydrogen (secondary N) is 1. The van der Waals surface area contributed by atoms with Gasteiger partial charge in [0, 0.05) is 12.6 Å². The fourth-order valence-electron chi connectivity index (χ4n) is 1.79. The number of hydrogen-bond donors (Lipinski definition) is 1. The molecule has 0 bridgehead atoms. The number of ether oxygens (including phenoxy) is 1. The van der Waals surface area contributed by atoms with Crippen molar-refractivity contribution in [2.24, 2.45) is 0 Å². The molecule has 6 heteroatoms. The highest BCUT2D eigenvalue weighted by atomic mass is 16.6. The van der Waals surface area contributed by atoms with Crippen molar-refractivity contribution in [2.45, 2.75) is 32.0 Å². The third-order valence-corrected chi connectivity index (χ3v) is 2.74. The van der Waals surface area contributed by atoms with Crippen LogP contribution in [0.2, 0.25) is 0 Å². The molecule has 2 atom stereocenters. The lowest BCUT2D eigenvalue weighted by Crippen LogP contribution is -2.33. The van der Waals surface area contributed by atoms with Crippen molar-refractivity contribution in [3.63, 3.8) is 0 Å². The van der Waals surface area contributed by atoms with E-state index in [1.807, 2.05) is 6.92 Å². The molecule has 1 saturated heterocycles. The van der Waals surface area contributed by atoms with E-state index in [0.717, 1.165) is 13.0 Å². The molecular formula is C10H14N2O4. The van der Waals surface area contributed by atoms with Crippen molar-refractivity contribution >= 4 is 5.88 Å². The third-order valence-electron chi connectivity index (χ3n) is 2.74. The van der Waals surface area contributed by atoms with Gasteiger partial charge in [-0.2, -0.15) is 0 Å². The Balaban J connectivity index is 1.87. The number of nitro groups is 1. The molecule has 88 valence electrons. The lowest BCUT2D eigenvalue weighted by Gasteiger charge is -2.14. The Kier molecular flexibility index (Phi) is 3.21. The minimum absolute atomic E-state index is 0.185. The zero-order chi connectivity index (χ0) is 11.5. The quantitative estimate of drug-likeness (QED) is 0.621. The second-order valence-corrected chi connectivity index (χ2v) is 3.85. The molecule has 2 unspecified atom stereocenters. The van der Waals surface area contributed by atoms with Crippen molar-refractivity contribution in [3.05, 3.63) is 28.0 Å². The van der Waals surface area contributed by atoms with E-state index < -0.39 is 4.92 Å². The maximum Gasteiger partial charge on any atom is 0.433 e. The average Bonchev–Trinajstić information content (AvgIpc) is 2.83. The first-order valence-electron chi connectivity index (χ1n) is 5.25. The summed E-state index contributed by atoms with van der Waals surface area (Å²) in [4.78, 5) is 9.86. The summed E-state index contributed by atoms with van der Waals surface area (Å²) >= 11 is 0. The summed E-state index contributed by atoms with van der Waals surface area (Å²) in [6, 6.07) is 3.28. The molecule has 1 aliphatic rings. The van der Waals surface area contributed by atoms with Crippen LogP contribution in [0.15, 0.2) is 16.5 Å². The Bertz CT molecular complexity index is 377. The molecule has 2 heterocycles. The molecule has 0 saturated carbocycles. The van der Waals surface area contributed by atoms with Gasteiger partial charge in [0.15, 0.2) is 0 Å². The van der Waals surface area contributed by atoms with Gasteiger partial charge in [0.25, 0.3) is 0 Å². The summed E-state index contributed by atoms with van der Waals surface area (Å²) in [6.45, 7) is 3.26. The van der Waals surface area contributed by atoms with Crippen LogP contribution in [0.4, 0.5) is 5.88 Å². The van der Waals surface area contributed by atoms with Crippen LogP contribution < -0.4 is 5.32 Å². The van der Waals surface area contributed by atoms with Gasteiger partial charge < -0.3 is 14.5 Å². The standard InChI is InChI=1S/C10H14N2O4/c1-7-9(4-5-15-7)11-6-8-2-3-10(16-8)12(13)14/h2-3,7,9,11H,4-6H2,1H3. The van der Waals surface area contributed by atoms with E-state index in [-0.39, 0.29) is 12.0 Å². The molecule has 1 aliphatic heterocycles. The topological polar surface area (TPSA) is 77.5 Å². The van der Waals surface area contributed by atoms with Gasteiger partial charge in [-0.1, -0.05) is 0 Å². The van der Waals surface area contributed by atoms with Gasteiger partial charge >= 0.3 is 5.88 Å². The molecule has 1 aromatic rings. The summed E-state index contributed by atoms with van der Waals surface area (Å²) in [7, 11) is 0. The van der Waals surface area contributed by atoms with Crippen LogP contribution >= 0.6 is 0 Å². The maximum atomic E-state index is 10.4. The summed E-state index contributed by atoms with van der Waals surface area (Å²) < 4.78 is 10.4. The molecule has 1 fully saturated rings. The fraction of sp³-hybridized carbons (Fsp3) is 0.600. The van der Waals surface area contributed by atoms with Crippen LogP contribution in [0.25, 0.3) is 0 Å². The highest BCUT2D eigenvalue weighted by molar-refractivity contribution is 5.17. The zero-order valence-electron chi connectivity index (χ0n) is 9.01. The molecule has 0 radical (unpaired) electrons. The van der Waals surface area contributed by atoms with E-state index >= 15 is 0 Å². The summed E-state index contributed by atoms with van der Waals surface area (Å²) in [5, 5.41) is 13.7. The van der Waals surface area contributed by atoms with Crippen molar-refractivity contribution in [1.82, 2.24) is 5.32 Å². The lowest BCUT2D eigenvalue weighted by atomic mass is 10.1. The molecule has 0 aromatic carbocycles. The van der Waals surface area contributed by atoms with Crippen molar-refractivity contribution in [3.8, 4) is 0 Å². The smallest absolute Gasteiger partial charge is 0.404 e. The van der Waals surface area contributed by atoms with E-state index in [4.69, 9.17) is 9.15 Å². The normalized spacial score (nSPS) is 24.8. The summed E-state index contributed by atoms with van der Waals surface area (Å²) in [6.07, 6.45) is 1.15. The van der Waals surface area contributed by atoms with Crippen molar-refractivity contribution < 1.29 is 14.1 Å². The molecule has 1 N–H and O–H groups in total. The Morgan fingerprint density at radius 2 is 2.44 bits per heavy atom. The molecule has 1 aromatic heterocycles. The Morgan fingerprint density at radius 3 is 3.00 bits per heavy atom. The highest BCUT2D eigenvalue weighted by Gasteiger charge is 2.23. The predicted octanol–water partition coefficient (Wildman–Crippen LogP) is 1.45. The molecule has 2 rings (SSSR count). The van der Waals surface area contributed by atoms with E-state index in [1.54, 1.807) is 6.07 Å². The van der Waals surface area contributed by atoms with Crippen LogP contribution in [0.1, 0.15) is 19.1 Å². The first-order valence-corrected chi connectivity index (χ1v) is 5.25. The van der Waals surface area contributed by atoms with Gasteiger partial charge in [-0.3, -0.25) is 10.1 Å². The molecule has 0 amide bonds. The largest absolute Gasteiger partial charge is 0.433 e. The van der Waals surface area contributed by atoms with Crippen LogP contribution in [0.5, 0.6) is 0 Å². The van der Waals surface area contributed by atoms with Gasteiger partial charge in [-0.15, -0.1) is 0 Å². The van der Waals surface area contributed by atoms with Gasteiger partial charge in [0.05, 0.1) is 18.7 Å². The average molecular weight is 226 g/mol. The fourth-order valence-corrected chi connectivity index (χ4v) is 1.79. The SMILES string of the molecule is CC1OCCC1NCc1ccc([N+](=O)[O-])o1. The number of nitrogens with zero attached hydrogens (tertiary/aromatic N) is 1. The highest BCUT2D eigenvalue weighted by Crippen LogP contribution is 2.17. The first kappa shape index (κ1) is 11.1. The van der Waals surface area contributed by atoms with E-state index in [2.05, 4.69) is 5.32 Å². The molecular weight excluding hydrogens is 212 g/mol. The van der Waals surface area contributed by atoms with E-state index in [9.17, 15) is 10.1 Å². The van der Waals surface area contributed by atoms with Crippen LogP contribution in [-0.2, 0) is 11.3 Å². The van der Waals surface area contributed by atoms with E-state index in [0.29, 0.717) is 18.3 Å². The number of hydrogen-bond acceptors (Lipinski definition) is 5. The lowest BCUT2D eigenvalue weighted by molar-refractivity contribution is -0.402.